The number of hydrogen-bond acceptors (Lipinski definition) is 3. The summed E-state index contributed by atoms with van der Waals surface area (Å²) < 4.78 is 6.15. The van der Waals surface area contributed by atoms with Crippen LogP contribution in [0.5, 0.6) is 0 Å². The van der Waals surface area contributed by atoms with Gasteiger partial charge in [0.2, 0.25) is 0 Å². The molecule has 0 amide bonds. The van der Waals surface area contributed by atoms with E-state index in [-0.39, 0.29) is 5.60 Å². The normalized spacial score (nSPS) is 28.3. The average Bonchev–Trinajstić information content (AvgIpc) is 2.94. The van der Waals surface area contributed by atoms with Crippen LogP contribution in [0.25, 0.3) is 0 Å². The third-order valence-corrected chi connectivity index (χ3v) is 4.48. The third-order valence-electron chi connectivity index (χ3n) is 4.48. The van der Waals surface area contributed by atoms with Gasteiger partial charge in [-0.05, 0) is 59.0 Å². The molecule has 1 heterocycles. The van der Waals surface area contributed by atoms with E-state index >= 15 is 0 Å². The molecule has 0 bridgehead atoms. The molecule has 106 valence electrons. The van der Waals surface area contributed by atoms with Gasteiger partial charge < -0.3 is 10.5 Å². The molecule has 18 heavy (non-hydrogen) atoms. The first-order valence-corrected chi connectivity index (χ1v) is 7.73. The van der Waals surface area contributed by atoms with Gasteiger partial charge in [0.05, 0.1) is 11.7 Å². The van der Waals surface area contributed by atoms with Crippen molar-refractivity contribution >= 4 is 0 Å². The largest absolute Gasteiger partial charge is 0.371 e. The minimum absolute atomic E-state index is 0.0971. The van der Waals surface area contributed by atoms with Crippen LogP contribution in [0.2, 0.25) is 0 Å². The van der Waals surface area contributed by atoms with Crippen molar-refractivity contribution < 1.29 is 4.74 Å². The van der Waals surface area contributed by atoms with Crippen LogP contribution in [0, 0.1) is 0 Å². The lowest BCUT2D eigenvalue weighted by atomic mass is 10.1. The molecule has 0 aromatic rings. The van der Waals surface area contributed by atoms with Crippen LogP contribution in [0.4, 0.5) is 0 Å². The van der Waals surface area contributed by atoms with E-state index in [1.165, 1.54) is 38.5 Å². The standard InChI is InChI=1S/C15H30N2O/c1-15(2)9-8-14(18-15)12-17(11-5-10-16)13-6-3-4-7-13/h13-14H,3-12,16H2,1-2H3. The second-order valence-electron chi connectivity index (χ2n) is 6.61. The predicted octanol–water partition coefficient (Wildman–Crippen LogP) is 2.54. The van der Waals surface area contributed by atoms with E-state index < -0.39 is 0 Å². The third kappa shape index (κ3) is 3.94. The summed E-state index contributed by atoms with van der Waals surface area (Å²) in [6, 6.07) is 0.795. The maximum atomic E-state index is 6.15. The summed E-state index contributed by atoms with van der Waals surface area (Å²) >= 11 is 0. The van der Waals surface area contributed by atoms with Crippen LogP contribution in [0.3, 0.4) is 0 Å². The summed E-state index contributed by atoms with van der Waals surface area (Å²) in [4.78, 5) is 2.66. The molecular formula is C15H30N2O. The fraction of sp³-hybridized carbons (Fsp3) is 1.00. The van der Waals surface area contributed by atoms with Crippen LogP contribution in [-0.4, -0.2) is 42.3 Å². The molecule has 3 nitrogen and oxygen atoms in total. The highest BCUT2D eigenvalue weighted by Crippen LogP contribution is 2.31. The number of hydrogen-bond donors (Lipinski definition) is 1. The van der Waals surface area contributed by atoms with E-state index in [1.807, 2.05) is 0 Å². The Morgan fingerprint density at radius 3 is 2.50 bits per heavy atom. The molecule has 2 aliphatic rings. The van der Waals surface area contributed by atoms with Gasteiger partial charge >= 0.3 is 0 Å². The average molecular weight is 254 g/mol. The van der Waals surface area contributed by atoms with E-state index in [9.17, 15) is 0 Å². The molecule has 1 aliphatic heterocycles. The second kappa shape index (κ2) is 6.36. The summed E-state index contributed by atoms with van der Waals surface area (Å²) in [7, 11) is 0. The molecule has 1 saturated heterocycles. The monoisotopic (exact) mass is 254 g/mol. The van der Waals surface area contributed by atoms with Crippen LogP contribution in [0.1, 0.15) is 58.8 Å². The Morgan fingerprint density at radius 1 is 1.22 bits per heavy atom. The van der Waals surface area contributed by atoms with Crippen molar-refractivity contribution in [3.05, 3.63) is 0 Å². The van der Waals surface area contributed by atoms with Crippen LogP contribution in [-0.2, 0) is 4.74 Å². The molecule has 1 saturated carbocycles. The molecule has 0 aromatic heterocycles. The molecule has 3 heteroatoms. The Bertz CT molecular complexity index is 249. The molecule has 2 N–H and O–H groups in total. The van der Waals surface area contributed by atoms with Crippen molar-refractivity contribution in [1.82, 2.24) is 4.90 Å². The van der Waals surface area contributed by atoms with Gasteiger partial charge in [-0.25, -0.2) is 0 Å². The van der Waals surface area contributed by atoms with Crippen molar-refractivity contribution in [3.8, 4) is 0 Å². The zero-order chi connectivity index (χ0) is 13.0. The maximum Gasteiger partial charge on any atom is 0.0710 e. The predicted molar refractivity (Wildman–Crippen MR) is 75.7 cm³/mol. The highest BCUT2D eigenvalue weighted by Gasteiger charge is 2.34. The minimum atomic E-state index is 0.0971. The van der Waals surface area contributed by atoms with Crippen molar-refractivity contribution in [2.75, 3.05) is 19.6 Å². The molecule has 0 aromatic carbocycles. The molecule has 1 aliphatic carbocycles. The van der Waals surface area contributed by atoms with Gasteiger partial charge in [0, 0.05) is 12.6 Å². The molecular weight excluding hydrogens is 224 g/mol. The number of ether oxygens (including phenoxy) is 1. The van der Waals surface area contributed by atoms with E-state index in [4.69, 9.17) is 10.5 Å². The van der Waals surface area contributed by atoms with E-state index in [1.54, 1.807) is 0 Å². The van der Waals surface area contributed by atoms with Crippen LogP contribution >= 0.6 is 0 Å². The quantitative estimate of drug-likeness (QED) is 0.791. The number of rotatable bonds is 6. The van der Waals surface area contributed by atoms with Gasteiger partial charge in [0.15, 0.2) is 0 Å². The molecule has 0 radical (unpaired) electrons. The Morgan fingerprint density at radius 2 is 1.94 bits per heavy atom. The van der Waals surface area contributed by atoms with Crippen molar-refractivity contribution in [3.63, 3.8) is 0 Å². The molecule has 2 rings (SSSR count). The smallest absolute Gasteiger partial charge is 0.0710 e. The lowest BCUT2D eigenvalue weighted by molar-refractivity contribution is -0.0335. The Labute approximate surface area is 112 Å². The highest BCUT2D eigenvalue weighted by molar-refractivity contribution is 4.85. The van der Waals surface area contributed by atoms with Crippen molar-refractivity contribution in [1.29, 1.82) is 0 Å². The minimum Gasteiger partial charge on any atom is -0.371 e. The first kappa shape index (κ1) is 14.3. The van der Waals surface area contributed by atoms with Crippen LogP contribution in [0.15, 0.2) is 0 Å². The van der Waals surface area contributed by atoms with E-state index in [0.29, 0.717) is 6.10 Å². The van der Waals surface area contributed by atoms with Crippen molar-refractivity contribution in [2.24, 2.45) is 5.73 Å². The molecule has 0 spiro atoms. The molecule has 2 fully saturated rings. The summed E-state index contributed by atoms with van der Waals surface area (Å²) in [5, 5.41) is 0. The Kier molecular flexibility index (Phi) is 5.05. The van der Waals surface area contributed by atoms with Gasteiger partial charge in [-0.1, -0.05) is 12.8 Å². The lowest BCUT2D eigenvalue weighted by Gasteiger charge is -2.31. The van der Waals surface area contributed by atoms with Crippen molar-refractivity contribution in [2.45, 2.75) is 76.5 Å². The summed E-state index contributed by atoms with van der Waals surface area (Å²) in [5.41, 5.74) is 5.77. The van der Waals surface area contributed by atoms with Gasteiger partial charge in [-0.3, -0.25) is 4.90 Å². The first-order valence-electron chi connectivity index (χ1n) is 7.73. The zero-order valence-corrected chi connectivity index (χ0v) is 12.2. The number of nitrogens with zero attached hydrogens (tertiary/aromatic N) is 1. The fourth-order valence-corrected chi connectivity index (χ4v) is 3.45. The van der Waals surface area contributed by atoms with Gasteiger partial charge in [-0.2, -0.15) is 0 Å². The molecule has 1 atom stereocenters. The highest BCUT2D eigenvalue weighted by atomic mass is 16.5. The second-order valence-corrected chi connectivity index (χ2v) is 6.61. The Balaban J connectivity index is 1.84. The number of nitrogens with two attached hydrogens (primary N) is 1. The zero-order valence-electron chi connectivity index (χ0n) is 12.2. The summed E-state index contributed by atoms with van der Waals surface area (Å²) in [5.74, 6) is 0. The summed E-state index contributed by atoms with van der Waals surface area (Å²) in [6.07, 6.45) is 9.54. The van der Waals surface area contributed by atoms with Gasteiger partial charge in [-0.15, -0.1) is 0 Å². The lowest BCUT2D eigenvalue weighted by Crippen LogP contribution is -2.41. The van der Waals surface area contributed by atoms with Crippen LogP contribution < -0.4 is 5.73 Å². The van der Waals surface area contributed by atoms with E-state index in [0.717, 1.165) is 32.1 Å². The first-order chi connectivity index (χ1) is 8.61. The van der Waals surface area contributed by atoms with E-state index in [2.05, 4.69) is 18.7 Å². The summed E-state index contributed by atoms with van der Waals surface area (Å²) in [6.45, 7) is 7.51. The topological polar surface area (TPSA) is 38.5 Å². The Hall–Kier alpha value is -0.120. The molecule has 1 unspecified atom stereocenters. The van der Waals surface area contributed by atoms with Gasteiger partial charge in [0.1, 0.15) is 0 Å². The SMILES string of the molecule is CC1(C)CCC(CN(CCCN)C2CCCC2)O1. The maximum absolute atomic E-state index is 6.15. The van der Waals surface area contributed by atoms with Gasteiger partial charge in [0.25, 0.3) is 0 Å². The fourth-order valence-electron chi connectivity index (χ4n) is 3.45.